The number of fused-ring (bicyclic) bond motifs is 4. The Bertz CT molecular complexity index is 2110. The van der Waals surface area contributed by atoms with E-state index in [-0.39, 0.29) is 13.2 Å². The lowest BCUT2D eigenvalue weighted by Gasteiger charge is -2.40. The van der Waals surface area contributed by atoms with Gasteiger partial charge in [0.1, 0.15) is 61.0 Å². The van der Waals surface area contributed by atoms with Crippen molar-refractivity contribution in [2.75, 3.05) is 66.1 Å². The van der Waals surface area contributed by atoms with Crippen LogP contribution in [0.15, 0.2) is 0 Å². The molecule has 0 aromatic heterocycles. The molecule has 20 unspecified atom stereocenters. The zero-order valence-electron chi connectivity index (χ0n) is 76.3. The van der Waals surface area contributed by atoms with E-state index < -0.39 is 86.8 Å². The zero-order chi connectivity index (χ0) is 83.2. The van der Waals surface area contributed by atoms with Crippen molar-refractivity contribution in [1.82, 2.24) is 0 Å². The molecule has 3 heterocycles. The molecule has 0 amide bonds. The molecule has 5 fully saturated rings. The van der Waals surface area contributed by atoms with Crippen molar-refractivity contribution < 1.29 is 78.7 Å². The van der Waals surface area contributed by atoms with E-state index in [0.717, 1.165) is 109 Å². The highest BCUT2D eigenvalue weighted by Gasteiger charge is 2.46. The van der Waals surface area contributed by atoms with E-state index in [1.807, 2.05) is 0 Å². The third kappa shape index (κ3) is 44.1. The second kappa shape index (κ2) is 60.8. The van der Waals surface area contributed by atoms with Crippen molar-refractivity contribution in [3.05, 3.63) is 0 Å². The fraction of sp³-hybridized carbons (Fsp3) is 1.00. The van der Waals surface area contributed by atoms with Gasteiger partial charge >= 0.3 is 0 Å². The molecule has 3 saturated heterocycles. The maximum Gasteiger partial charge on any atom is 0.186 e. The molecule has 5 aliphatic rings. The van der Waals surface area contributed by atoms with Crippen molar-refractivity contribution in [3.8, 4) is 0 Å². The lowest BCUT2D eigenvalue weighted by molar-refractivity contribution is -0.306. The van der Waals surface area contributed by atoms with Gasteiger partial charge in [0.05, 0.1) is 39.6 Å². The van der Waals surface area contributed by atoms with Crippen LogP contribution in [0, 0.1) is 107 Å². The molecule has 5 rings (SSSR count). The summed E-state index contributed by atoms with van der Waals surface area (Å²) >= 11 is 0. The quantitative estimate of drug-likeness (QED) is 0.113. The first-order chi connectivity index (χ1) is 54.7. The Morgan fingerprint density at radius 1 is 0.254 bits per heavy atom. The minimum Gasteiger partial charge on any atom is -0.394 e. The normalized spacial score (nSPS) is 41.4. The first-order valence-electron chi connectivity index (χ1n) is 48.9. The molecule has 0 radical (unpaired) electrons. The van der Waals surface area contributed by atoms with E-state index in [1.165, 1.54) is 257 Å². The van der Waals surface area contributed by atoms with E-state index in [0.29, 0.717) is 63.3 Å². The van der Waals surface area contributed by atoms with Crippen LogP contribution in [-0.2, 0) is 37.9 Å². The summed E-state index contributed by atoms with van der Waals surface area (Å²) in [6, 6.07) is 0. The van der Waals surface area contributed by atoms with Crippen LogP contribution in [0.3, 0.4) is 0 Å². The third-order valence-corrected chi connectivity index (χ3v) is 29.4. The minimum atomic E-state index is -1.49. The Morgan fingerprint density at radius 2 is 0.500 bits per heavy atom. The van der Waals surface area contributed by atoms with E-state index in [1.54, 1.807) is 0 Å². The first kappa shape index (κ1) is 104. The smallest absolute Gasteiger partial charge is 0.186 e. The molecule has 0 aromatic carbocycles. The monoisotopic (exact) mass is 1620 g/mol. The largest absolute Gasteiger partial charge is 0.394 e. The molecule has 30 atom stereocenters. The summed E-state index contributed by atoms with van der Waals surface area (Å²) in [4.78, 5) is 0. The third-order valence-electron chi connectivity index (χ3n) is 29.4. The summed E-state index contributed by atoms with van der Waals surface area (Å²) in [7, 11) is 0. The molecule has 2 saturated carbocycles. The lowest BCUT2D eigenvalue weighted by atomic mass is 9.85. The van der Waals surface area contributed by atoms with Crippen LogP contribution in [-0.4, -0.2) is 181 Å². The molecule has 114 heavy (non-hydrogen) atoms. The molecule has 676 valence electrons. The van der Waals surface area contributed by atoms with Gasteiger partial charge in [-0.1, -0.05) is 328 Å². The van der Waals surface area contributed by atoms with Gasteiger partial charge in [-0.3, -0.25) is 0 Å². The van der Waals surface area contributed by atoms with Crippen molar-refractivity contribution in [2.24, 2.45) is 107 Å². The van der Waals surface area contributed by atoms with Gasteiger partial charge in [-0.2, -0.15) is 0 Å². The molecule has 0 spiro atoms. The van der Waals surface area contributed by atoms with Gasteiger partial charge in [0.25, 0.3) is 0 Å². The average molecular weight is 1620 g/mol. The molecule has 16 heteroatoms. The van der Waals surface area contributed by atoms with Crippen molar-refractivity contribution in [3.63, 3.8) is 0 Å². The van der Waals surface area contributed by atoms with Crippen LogP contribution < -0.4 is 0 Å². The Labute approximate surface area is 700 Å². The van der Waals surface area contributed by atoms with Gasteiger partial charge in [-0.05, 0) is 158 Å². The first-order valence-corrected chi connectivity index (χ1v) is 48.9. The predicted octanol–water partition coefficient (Wildman–Crippen LogP) is 21.0. The van der Waals surface area contributed by atoms with Crippen LogP contribution in [0.4, 0.5) is 0 Å². The molecule has 16 nitrogen and oxygen atoms in total. The summed E-state index contributed by atoms with van der Waals surface area (Å²) in [5.74, 6) is 13.6. The highest BCUT2D eigenvalue weighted by atomic mass is 16.7. The highest BCUT2D eigenvalue weighted by molar-refractivity contribution is 4.91. The predicted molar refractivity (Wildman–Crippen MR) is 466 cm³/mol. The van der Waals surface area contributed by atoms with E-state index in [4.69, 9.17) is 37.9 Å². The van der Waals surface area contributed by atoms with Crippen molar-refractivity contribution in [1.29, 1.82) is 0 Å². The zero-order valence-corrected chi connectivity index (χ0v) is 76.3. The van der Waals surface area contributed by atoms with Crippen molar-refractivity contribution in [2.45, 2.75) is 453 Å². The SMILES string of the molecule is CC1CCCC(C)CCCC(C)CCC(C)CCCC(C)C2CCC(CCCC(C)CCOCC(CO[C@H]3O[C@H](CO)[C@@H](O)[C@H](O)[C@H]3O)OCCC(C)CCCC(C)CCCC(C)CCCC(C)CCC(C)CCCC(C)C3CCC(CCCC(C)CCOCC(CO[C@@H]4O[C@H](CO)[C@H](O)[C@@H](O)[C@H]4O)OCCC(C)CCC1)C3)C2. The second-order valence-electron chi connectivity index (χ2n) is 40.9. The standard InChI is InChI=1S/C98H188O16/c1-69-25-15-27-71(3)31-19-35-79(11)55-59-109-87(67-111-97-95(105)93(103)91(101)89(63-99)113-97)65-107-57-53-77(9)40-24-44-84-50-52-86(62-84)82(14)42-22-38-76(8)48-46-74(6)34-18-30-70(2)26-16-28-72(4)32-20-36-80(12)56-60-110-88(68-112-98-96(106)94(104)92(102)90(64-100)114-98)66-108-58-54-78(10)39-23-43-83-49-51-85(61-83)81(13)41-21-37-75(7)47-45-73(5)33-17-29-69/h69-106H,15-68H2,1-14H3/t69?,70?,71?,72?,73?,74?,75?,76?,77?,78?,79?,80?,81?,82?,83?,84?,85?,86?,87?,88?,89-,90-,91-,92+,93+,94-,95-,96-,97+,98-/m1/s1. The number of rotatable bonds is 8. The second-order valence-corrected chi connectivity index (χ2v) is 40.9. The molecule has 8 N–H and O–H groups in total. The van der Waals surface area contributed by atoms with E-state index >= 15 is 0 Å². The Kier molecular flexibility index (Phi) is 55.4. The molecular weight excluding hydrogens is 1430 g/mol. The van der Waals surface area contributed by atoms with Crippen LogP contribution in [0.1, 0.15) is 379 Å². The number of hydrogen-bond donors (Lipinski definition) is 8. The number of aliphatic hydroxyl groups excluding tert-OH is 8. The molecule has 3 aliphatic heterocycles. The van der Waals surface area contributed by atoms with Crippen LogP contribution in [0.5, 0.6) is 0 Å². The van der Waals surface area contributed by atoms with Gasteiger partial charge in [-0.15, -0.1) is 0 Å². The van der Waals surface area contributed by atoms with Gasteiger partial charge in [0.2, 0.25) is 0 Å². The Morgan fingerprint density at radius 3 is 0.781 bits per heavy atom. The summed E-state index contributed by atoms with van der Waals surface area (Å²) in [6.07, 6.45) is 43.0. The molecule has 0 aromatic rings. The summed E-state index contributed by atoms with van der Waals surface area (Å²) < 4.78 is 48.9. The summed E-state index contributed by atoms with van der Waals surface area (Å²) in [6.45, 7) is 36.7. The molecule has 4 bridgehead atoms. The van der Waals surface area contributed by atoms with Crippen LogP contribution in [0.25, 0.3) is 0 Å². The van der Waals surface area contributed by atoms with Gasteiger partial charge in [0, 0.05) is 26.4 Å². The Hall–Kier alpha value is -0.640. The topological polar surface area (TPSA) is 236 Å². The Balaban J connectivity index is 1.04. The fourth-order valence-electron chi connectivity index (χ4n) is 20.1. The highest BCUT2D eigenvalue weighted by Crippen LogP contribution is 2.43. The number of ether oxygens (including phenoxy) is 8. The number of aliphatic hydroxyl groups is 8. The van der Waals surface area contributed by atoms with E-state index in [9.17, 15) is 40.9 Å². The maximum absolute atomic E-state index is 10.7. The summed E-state index contributed by atoms with van der Waals surface area (Å²) in [5.41, 5.74) is 0. The lowest BCUT2D eigenvalue weighted by Crippen LogP contribution is -2.59. The fourth-order valence-corrected chi connectivity index (χ4v) is 20.1. The van der Waals surface area contributed by atoms with Crippen molar-refractivity contribution >= 4 is 0 Å². The van der Waals surface area contributed by atoms with Crippen LogP contribution >= 0.6 is 0 Å². The van der Waals surface area contributed by atoms with Gasteiger partial charge in [-0.25, -0.2) is 0 Å². The van der Waals surface area contributed by atoms with E-state index in [2.05, 4.69) is 96.9 Å². The van der Waals surface area contributed by atoms with Crippen LogP contribution in [0.2, 0.25) is 0 Å². The van der Waals surface area contributed by atoms with Gasteiger partial charge < -0.3 is 78.7 Å². The summed E-state index contributed by atoms with van der Waals surface area (Å²) in [5, 5.41) is 82.7. The number of hydrogen-bond acceptors (Lipinski definition) is 16. The van der Waals surface area contributed by atoms with Gasteiger partial charge in [0.15, 0.2) is 12.6 Å². The average Bonchev–Trinajstić information content (AvgIpc) is 1.16. The minimum absolute atomic E-state index is 0.0957. The molecular formula is C98H188O16. The molecule has 2 aliphatic carbocycles. The maximum atomic E-state index is 10.7.